The van der Waals surface area contributed by atoms with Crippen LogP contribution < -0.4 is 5.32 Å². The smallest absolute Gasteiger partial charge is 0.364 e. The lowest BCUT2D eigenvalue weighted by atomic mass is 9.72. The predicted octanol–water partition coefficient (Wildman–Crippen LogP) is 3.23. The molecule has 0 aromatic heterocycles. The van der Waals surface area contributed by atoms with E-state index in [9.17, 15) is 14.4 Å². The summed E-state index contributed by atoms with van der Waals surface area (Å²) < 4.78 is 4.52. The molecule has 1 N–H and O–H groups in total. The number of rotatable bonds is 9. The van der Waals surface area contributed by atoms with Crippen molar-refractivity contribution in [3.63, 3.8) is 0 Å². The van der Waals surface area contributed by atoms with Crippen LogP contribution in [0.2, 0.25) is 0 Å². The van der Waals surface area contributed by atoms with Gasteiger partial charge in [0.1, 0.15) is 5.78 Å². The highest BCUT2D eigenvalue weighted by Gasteiger charge is 2.31. The zero-order valence-electron chi connectivity index (χ0n) is 14.5. The van der Waals surface area contributed by atoms with Gasteiger partial charge < -0.3 is 10.1 Å². The van der Waals surface area contributed by atoms with Crippen LogP contribution in [-0.2, 0) is 14.3 Å². The monoisotopic (exact) mass is 331 g/mol. The first-order valence-corrected chi connectivity index (χ1v) is 7.94. The van der Waals surface area contributed by atoms with Gasteiger partial charge in [0.05, 0.1) is 0 Å². The molecule has 22 heavy (non-hydrogen) atoms. The van der Waals surface area contributed by atoms with Gasteiger partial charge in [0.15, 0.2) is 6.61 Å². The molecule has 0 atom stereocenters. The summed E-state index contributed by atoms with van der Waals surface area (Å²) in [5, 5.41) is 1.97. The topological polar surface area (TPSA) is 72.5 Å². The van der Waals surface area contributed by atoms with E-state index in [4.69, 9.17) is 0 Å². The summed E-state index contributed by atoms with van der Waals surface area (Å²) in [7, 11) is 0. The number of carbonyl (C=O) groups excluding carboxylic acids is 3. The van der Waals surface area contributed by atoms with Crippen LogP contribution in [0.1, 0.15) is 54.4 Å². The zero-order valence-corrected chi connectivity index (χ0v) is 15.4. The van der Waals surface area contributed by atoms with Crippen LogP contribution in [0, 0.1) is 16.7 Å². The maximum absolute atomic E-state index is 11.9. The molecule has 0 bridgehead atoms. The first-order chi connectivity index (χ1) is 9.84. The maximum atomic E-state index is 11.9. The predicted molar refractivity (Wildman–Crippen MR) is 90.0 cm³/mol. The van der Waals surface area contributed by atoms with E-state index in [1.54, 1.807) is 0 Å². The molecule has 5 nitrogen and oxygen atoms in total. The third-order valence-corrected chi connectivity index (χ3v) is 3.47. The Bertz CT molecular complexity index is 416. The van der Waals surface area contributed by atoms with Gasteiger partial charge in [-0.25, -0.2) is 4.79 Å². The molecule has 1 amide bonds. The Morgan fingerprint density at radius 3 is 2.09 bits per heavy atom. The summed E-state index contributed by atoms with van der Waals surface area (Å²) in [6, 6.07) is 0. The van der Waals surface area contributed by atoms with Gasteiger partial charge in [-0.05, 0) is 17.3 Å². The summed E-state index contributed by atoms with van der Waals surface area (Å²) in [5.41, 5.74) is -0.297. The zero-order chi connectivity index (χ0) is 17.6. The molecule has 0 saturated carbocycles. The summed E-state index contributed by atoms with van der Waals surface area (Å²) in [5.74, 6) is -0.0601. The average Bonchev–Trinajstić information content (AvgIpc) is 2.31. The largest absolute Gasteiger partial charge is 0.448 e. The van der Waals surface area contributed by atoms with E-state index in [1.165, 1.54) is 0 Å². The number of amides is 1. The molecule has 0 aromatic carbocycles. The lowest BCUT2D eigenvalue weighted by Crippen LogP contribution is -2.39. The minimum absolute atomic E-state index is 0.0398. The maximum Gasteiger partial charge on any atom is 0.364 e. The molecule has 0 rings (SSSR count). The third-order valence-electron chi connectivity index (χ3n) is 3.34. The second kappa shape index (κ2) is 8.56. The number of ketones is 1. The number of carbonyl (C=O) groups is 3. The van der Waals surface area contributed by atoms with Crippen LogP contribution in [0.15, 0.2) is 0 Å². The number of ether oxygens (including phenoxy) is 1. The number of nitrogens with one attached hydrogen (secondary N) is 1. The molecule has 0 radical (unpaired) electrons. The van der Waals surface area contributed by atoms with Crippen molar-refractivity contribution in [1.29, 1.82) is 0 Å². The van der Waals surface area contributed by atoms with Crippen molar-refractivity contribution in [1.82, 2.24) is 5.32 Å². The molecule has 0 fully saturated rings. The van der Waals surface area contributed by atoms with E-state index in [1.807, 2.05) is 27.7 Å². The Labute approximate surface area is 139 Å². The van der Waals surface area contributed by atoms with E-state index in [0.717, 1.165) is 6.42 Å². The third kappa shape index (κ3) is 9.82. The highest BCUT2D eigenvalue weighted by Crippen LogP contribution is 2.36. The van der Waals surface area contributed by atoms with Crippen molar-refractivity contribution in [2.75, 3.05) is 13.2 Å². The Morgan fingerprint density at radius 1 is 1.09 bits per heavy atom. The van der Waals surface area contributed by atoms with Crippen LogP contribution in [-0.4, -0.2) is 30.1 Å². The molecule has 0 unspecified atom stereocenters. The van der Waals surface area contributed by atoms with Gasteiger partial charge in [-0.3, -0.25) is 9.59 Å². The molecule has 128 valence electrons. The first kappa shape index (κ1) is 21.0. The number of thiol groups is 1. The molecule has 0 saturated heterocycles. The fraction of sp³-hybridized carbons (Fsp3) is 0.812. The Hall–Kier alpha value is -1.04. The molecular weight excluding hydrogens is 302 g/mol. The van der Waals surface area contributed by atoms with Crippen molar-refractivity contribution in [2.45, 2.75) is 54.4 Å². The fourth-order valence-electron chi connectivity index (χ4n) is 2.61. The van der Waals surface area contributed by atoms with Gasteiger partial charge in [-0.2, -0.15) is 0 Å². The van der Waals surface area contributed by atoms with Crippen molar-refractivity contribution in [3.05, 3.63) is 0 Å². The van der Waals surface area contributed by atoms with Crippen LogP contribution in [0.4, 0.5) is 4.79 Å². The quantitative estimate of drug-likeness (QED) is 0.502. The Morgan fingerprint density at radius 2 is 1.64 bits per heavy atom. The van der Waals surface area contributed by atoms with Gasteiger partial charge in [0, 0.05) is 18.9 Å². The second-order valence-corrected chi connectivity index (χ2v) is 8.00. The van der Waals surface area contributed by atoms with Crippen molar-refractivity contribution < 1.29 is 19.1 Å². The van der Waals surface area contributed by atoms with Crippen LogP contribution in [0.5, 0.6) is 0 Å². The van der Waals surface area contributed by atoms with Crippen LogP contribution >= 0.6 is 12.6 Å². The van der Waals surface area contributed by atoms with Crippen molar-refractivity contribution in [2.24, 2.45) is 16.7 Å². The lowest BCUT2D eigenvalue weighted by molar-refractivity contribution is -0.125. The molecule has 0 aliphatic rings. The molecule has 0 aliphatic carbocycles. The van der Waals surface area contributed by atoms with E-state index in [0.29, 0.717) is 13.0 Å². The summed E-state index contributed by atoms with van der Waals surface area (Å²) in [6.45, 7) is 12.2. The molecule has 0 aliphatic heterocycles. The fourth-order valence-corrected chi connectivity index (χ4v) is 2.68. The number of Topliss-reactive ketones (excluding diaryl/α,β-unsaturated/α-hetero) is 1. The van der Waals surface area contributed by atoms with Crippen LogP contribution in [0.25, 0.3) is 0 Å². The standard InChI is InChI=1S/C16H29NO4S/c1-11(2)12(18)7-15(3,4)9-16(5,6)10-17-13(19)8-21-14(20)22/h11H,7-10H2,1-6H3,(H,17,19)(H,20,22). The molecular formula is C16H29NO4S. The minimum atomic E-state index is -0.775. The number of hydrogen-bond donors (Lipinski definition) is 2. The molecule has 0 spiro atoms. The normalized spacial score (nSPS) is 12.2. The van der Waals surface area contributed by atoms with E-state index in [-0.39, 0.29) is 35.0 Å². The SMILES string of the molecule is CC(C)C(=O)CC(C)(C)CC(C)(C)CNC(=O)COC(=O)S. The Kier molecular flexibility index (Phi) is 8.15. The number of hydrogen-bond acceptors (Lipinski definition) is 4. The van der Waals surface area contributed by atoms with Gasteiger partial charge in [-0.1, -0.05) is 54.2 Å². The highest BCUT2D eigenvalue weighted by atomic mass is 32.1. The van der Waals surface area contributed by atoms with Gasteiger partial charge in [0.25, 0.3) is 5.91 Å². The second-order valence-electron chi connectivity index (χ2n) is 7.63. The molecule has 6 heteroatoms. The first-order valence-electron chi connectivity index (χ1n) is 7.50. The van der Waals surface area contributed by atoms with Crippen molar-refractivity contribution in [3.8, 4) is 0 Å². The van der Waals surface area contributed by atoms with E-state index in [2.05, 4.69) is 36.5 Å². The van der Waals surface area contributed by atoms with Crippen LogP contribution in [0.3, 0.4) is 0 Å². The van der Waals surface area contributed by atoms with Gasteiger partial charge in [-0.15, -0.1) is 0 Å². The Balaban J connectivity index is 4.40. The van der Waals surface area contributed by atoms with Gasteiger partial charge in [0.2, 0.25) is 0 Å². The average molecular weight is 331 g/mol. The van der Waals surface area contributed by atoms with E-state index >= 15 is 0 Å². The summed E-state index contributed by atoms with van der Waals surface area (Å²) >= 11 is 3.43. The highest BCUT2D eigenvalue weighted by molar-refractivity contribution is 7.96. The summed E-state index contributed by atoms with van der Waals surface area (Å²) in [6.07, 6.45) is 1.32. The lowest BCUT2D eigenvalue weighted by Gasteiger charge is -2.35. The van der Waals surface area contributed by atoms with E-state index < -0.39 is 5.30 Å². The van der Waals surface area contributed by atoms with Gasteiger partial charge >= 0.3 is 5.30 Å². The molecule has 0 heterocycles. The molecule has 0 aromatic rings. The summed E-state index contributed by atoms with van der Waals surface area (Å²) in [4.78, 5) is 34.0. The minimum Gasteiger partial charge on any atom is -0.448 e. The van der Waals surface area contributed by atoms with Crippen molar-refractivity contribution >= 4 is 29.6 Å².